The summed E-state index contributed by atoms with van der Waals surface area (Å²) in [6.45, 7) is -2.18. The minimum atomic E-state index is -2.95. The van der Waals surface area contributed by atoms with Gasteiger partial charge in [0.25, 0.3) is 5.91 Å². The van der Waals surface area contributed by atoms with E-state index in [9.17, 15) is 23.2 Å². The van der Waals surface area contributed by atoms with E-state index in [0.717, 1.165) is 0 Å². The molecule has 0 saturated carbocycles. The summed E-state index contributed by atoms with van der Waals surface area (Å²) in [6.07, 6.45) is -0.186. The maximum Gasteiger partial charge on any atom is 0.387 e. The summed E-state index contributed by atoms with van der Waals surface area (Å²) in [5.74, 6) is -1.70. The van der Waals surface area contributed by atoms with E-state index in [4.69, 9.17) is 16.3 Å². The number of alkyl halides is 2. The molecule has 2 aromatic rings. The molecule has 0 radical (unpaired) electrons. The van der Waals surface area contributed by atoms with Crippen LogP contribution in [0.1, 0.15) is 24.9 Å². The molecule has 0 aliphatic rings. The van der Waals surface area contributed by atoms with Crippen molar-refractivity contribution < 1.29 is 32.6 Å². The van der Waals surface area contributed by atoms with Gasteiger partial charge in [0.1, 0.15) is 5.75 Å². The number of anilines is 1. The van der Waals surface area contributed by atoms with Crippen LogP contribution >= 0.6 is 11.6 Å². The number of amides is 2. The molecule has 0 heterocycles. The molecule has 2 rings (SSSR count). The number of hydrogen-bond acceptors (Lipinski definition) is 5. The fourth-order valence-corrected chi connectivity index (χ4v) is 2.61. The Bertz CT molecular complexity index is 876. The summed E-state index contributed by atoms with van der Waals surface area (Å²) in [6, 6.07) is 11.2. The van der Waals surface area contributed by atoms with Gasteiger partial charge in [-0.25, -0.2) is 0 Å². The highest BCUT2D eigenvalue weighted by molar-refractivity contribution is 6.30. The lowest BCUT2D eigenvalue weighted by Gasteiger charge is -2.17. The van der Waals surface area contributed by atoms with Crippen LogP contribution in [0.5, 0.6) is 5.75 Å². The Morgan fingerprint density at radius 1 is 1.03 bits per heavy atom. The third-order valence-corrected chi connectivity index (χ3v) is 4.00. The summed E-state index contributed by atoms with van der Waals surface area (Å²) in [4.78, 5) is 35.5. The average Bonchev–Trinajstić information content (AvgIpc) is 2.67. The van der Waals surface area contributed by atoms with E-state index >= 15 is 0 Å². The highest BCUT2D eigenvalue weighted by atomic mass is 35.5. The van der Waals surface area contributed by atoms with Gasteiger partial charge in [-0.1, -0.05) is 23.7 Å². The highest BCUT2D eigenvalue weighted by Gasteiger charge is 2.19. The number of nitrogens with one attached hydrogen (secondary N) is 2. The van der Waals surface area contributed by atoms with Gasteiger partial charge in [0, 0.05) is 17.6 Å². The summed E-state index contributed by atoms with van der Waals surface area (Å²) in [5, 5.41) is 5.61. The van der Waals surface area contributed by atoms with Crippen molar-refractivity contribution in [1.82, 2.24) is 5.32 Å². The van der Waals surface area contributed by atoms with Crippen LogP contribution in [0.3, 0.4) is 0 Å². The zero-order chi connectivity index (χ0) is 22.1. The number of esters is 1. The predicted molar refractivity (Wildman–Crippen MR) is 105 cm³/mol. The lowest BCUT2D eigenvalue weighted by Crippen LogP contribution is -2.29. The van der Waals surface area contributed by atoms with Crippen LogP contribution in [0.15, 0.2) is 48.5 Å². The molecule has 0 aliphatic carbocycles. The summed E-state index contributed by atoms with van der Waals surface area (Å²) in [7, 11) is 0. The topological polar surface area (TPSA) is 93.7 Å². The van der Waals surface area contributed by atoms with Crippen LogP contribution < -0.4 is 15.4 Å². The normalized spacial score (nSPS) is 11.5. The molecule has 10 heteroatoms. The summed E-state index contributed by atoms with van der Waals surface area (Å²) < 4.78 is 33.4. The van der Waals surface area contributed by atoms with Gasteiger partial charge in [0.2, 0.25) is 5.91 Å². The van der Waals surface area contributed by atoms with E-state index in [-0.39, 0.29) is 18.1 Å². The molecule has 0 aliphatic heterocycles. The molecular weight excluding hydrogens is 422 g/mol. The van der Waals surface area contributed by atoms with E-state index in [1.807, 2.05) is 0 Å². The van der Waals surface area contributed by atoms with Gasteiger partial charge < -0.3 is 20.1 Å². The largest absolute Gasteiger partial charge is 0.455 e. The third kappa shape index (κ3) is 8.04. The molecule has 7 nitrogen and oxygen atoms in total. The van der Waals surface area contributed by atoms with Crippen LogP contribution in [0, 0.1) is 0 Å². The monoisotopic (exact) mass is 440 g/mol. The smallest absolute Gasteiger partial charge is 0.387 e. The molecular formula is C20H19ClF2N2O5. The Balaban J connectivity index is 1.86. The second-order valence-electron chi connectivity index (χ2n) is 6.12. The Kier molecular flexibility index (Phi) is 8.54. The number of halogens is 3. The Morgan fingerprint density at radius 2 is 1.67 bits per heavy atom. The van der Waals surface area contributed by atoms with E-state index in [0.29, 0.717) is 16.3 Å². The Morgan fingerprint density at radius 3 is 2.23 bits per heavy atom. The third-order valence-electron chi connectivity index (χ3n) is 3.75. The van der Waals surface area contributed by atoms with Gasteiger partial charge in [-0.3, -0.25) is 14.4 Å². The maximum atomic E-state index is 12.1. The minimum Gasteiger partial charge on any atom is -0.455 e. The Labute approximate surface area is 176 Å². The molecule has 0 spiro atoms. The van der Waals surface area contributed by atoms with Crippen molar-refractivity contribution in [3.8, 4) is 5.75 Å². The number of rotatable bonds is 9. The van der Waals surface area contributed by atoms with Crippen molar-refractivity contribution in [1.29, 1.82) is 0 Å². The maximum absolute atomic E-state index is 12.1. The second kappa shape index (κ2) is 11.1. The van der Waals surface area contributed by atoms with Gasteiger partial charge in [-0.05, 0) is 42.0 Å². The van der Waals surface area contributed by atoms with Crippen LogP contribution in [-0.2, 0) is 19.1 Å². The molecule has 2 aromatic carbocycles. The van der Waals surface area contributed by atoms with Gasteiger partial charge in [0.15, 0.2) is 6.61 Å². The van der Waals surface area contributed by atoms with Crippen molar-refractivity contribution in [2.75, 3.05) is 11.9 Å². The van der Waals surface area contributed by atoms with E-state index in [1.165, 1.54) is 31.2 Å². The van der Waals surface area contributed by atoms with Crippen molar-refractivity contribution in [2.24, 2.45) is 0 Å². The van der Waals surface area contributed by atoms with Crippen molar-refractivity contribution in [2.45, 2.75) is 26.0 Å². The van der Waals surface area contributed by atoms with Crippen LogP contribution in [0.4, 0.5) is 14.5 Å². The lowest BCUT2D eigenvalue weighted by atomic mass is 10.0. The first-order valence-corrected chi connectivity index (χ1v) is 9.13. The highest BCUT2D eigenvalue weighted by Crippen LogP contribution is 2.20. The Hall–Kier alpha value is -3.20. The van der Waals surface area contributed by atoms with Crippen LogP contribution in [0.25, 0.3) is 0 Å². The summed E-state index contributed by atoms with van der Waals surface area (Å²) in [5.41, 5.74) is 0.970. The summed E-state index contributed by atoms with van der Waals surface area (Å²) >= 11 is 5.85. The van der Waals surface area contributed by atoms with Crippen LogP contribution in [-0.4, -0.2) is 31.0 Å². The molecule has 160 valence electrons. The molecule has 0 bridgehead atoms. The van der Waals surface area contributed by atoms with Gasteiger partial charge in [0.05, 0.1) is 12.5 Å². The first-order valence-electron chi connectivity index (χ1n) is 8.76. The fraction of sp³-hybridized carbons (Fsp3) is 0.250. The van der Waals surface area contributed by atoms with Crippen molar-refractivity contribution >= 4 is 35.1 Å². The van der Waals surface area contributed by atoms with E-state index in [1.54, 1.807) is 24.3 Å². The zero-order valence-corrected chi connectivity index (χ0v) is 16.6. The number of ether oxygens (including phenoxy) is 2. The molecule has 0 fully saturated rings. The van der Waals surface area contributed by atoms with Gasteiger partial charge in [-0.2, -0.15) is 8.78 Å². The van der Waals surface area contributed by atoms with E-state index in [2.05, 4.69) is 15.4 Å². The van der Waals surface area contributed by atoms with Gasteiger partial charge in [-0.15, -0.1) is 0 Å². The van der Waals surface area contributed by atoms with Crippen LogP contribution in [0.2, 0.25) is 5.02 Å². The average molecular weight is 441 g/mol. The SMILES string of the molecule is CC(=O)NC(CC(=O)OCC(=O)Nc1ccc(OC(F)F)cc1)c1ccc(Cl)cc1. The number of carbonyl (C=O) groups excluding carboxylic acids is 3. The quantitative estimate of drug-likeness (QED) is 0.580. The first kappa shape index (κ1) is 23.1. The minimum absolute atomic E-state index is 0.0550. The molecule has 0 aromatic heterocycles. The number of hydrogen-bond donors (Lipinski definition) is 2. The first-order chi connectivity index (χ1) is 14.2. The molecule has 1 atom stereocenters. The van der Waals surface area contributed by atoms with Gasteiger partial charge >= 0.3 is 12.6 Å². The predicted octanol–water partition coefficient (Wildman–Crippen LogP) is 3.69. The standard InChI is InChI=1S/C20H19ClF2N2O5/c1-12(26)24-17(13-2-4-14(21)5-3-13)10-19(28)29-11-18(27)25-15-6-8-16(9-7-15)30-20(22)23/h2-9,17,20H,10-11H2,1H3,(H,24,26)(H,25,27). The molecule has 2 N–H and O–H groups in total. The number of carbonyl (C=O) groups is 3. The zero-order valence-electron chi connectivity index (χ0n) is 15.9. The second-order valence-corrected chi connectivity index (χ2v) is 6.56. The fourth-order valence-electron chi connectivity index (χ4n) is 2.48. The molecule has 2 amide bonds. The molecule has 30 heavy (non-hydrogen) atoms. The lowest BCUT2D eigenvalue weighted by molar-refractivity contribution is -0.148. The molecule has 0 saturated heterocycles. The van der Waals surface area contributed by atoms with Crippen molar-refractivity contribution in [3.63, 3.8) is 0 Å². The molecule has 1 unspecified atom stereocenters. The van der Waals surface area contributed by atoms with E-state index < -0.39 is 31.1 Å². The van der Waals surface area contributed by atoms with Crippen molar-refractivity contribution in [3.05, 3.63) is 59.1 Å². The number of benzene rings is 2.